The maximum atomic E-state index is 14.7. The van der Waals surface area contributed by atoms with Crippen LogP contribution in [0.15, 0.2) is 53.6 Å². The van der Waals surface area contributed by atoms with Crippen LogP contribution in [0.4, 0.5) is 5.69 Å². The number of esters is 1. The summed E-state index contributed by atoms with van der Waals surface area (Å²) in [5.41, 5.74) is -1.06. The first-order valence-electron chi connectivity index (χ1n) is 23.7. The van der Waals surface area contributed by atoms with Gasteiger partial charge in [-0.25, -0.2) is 0 Å². The van der Waals surface area contributed by atoms with Crippen LogP contribution in [0.2, 0.25) is 0 Å². The van der Waals surface area contributed by atoms with E-state index in [0.29, 0.717) is 21.5 Å². The number of amides is 8. The van der Waals surface area contributed by atoms with Crippen molar-refractivity contribution in [3.05, 3.63) is 64.2 Å². The summed E-state index contributed by atoms with van der Waals surface area (Å²) in [7, 11) is 0. The van der Waals surface area contributed by atoms with E-state index in [1.165, 1.54) is 52.0 Å². The first kappa shape index (κ1) is 55.2. The predicted octanol–water partition coefficient (Wildman–Crippen LogP) is -1.55. The molecule has 4 heterocycles. The molecule has 26 heteroatoms. The van der Waals surface area contributed by atoms with E-state index in [-0.39, 0.29) is 62.3 Å². The van der Waals surface area contributed by atoms with E-state index < -0.39 is 131 Å². The number of rotatable bonds is 12. The van der Waals surface area contributed by atoms with Gasteiger partial charge in [0.15, 0.2) is 0 Å². The van der Waals surface area contributed by atoms with Crippen molar-refractivity contribution in [1.29, 1.82) is 0 Å². The van der Waals surface area contributed by atoms with Gasteiger partial charge in [0.2, 0.25) is 47.3 Å². The van der Waals surface area contributed by atoms with E-state index in [1.54, 1.807) is 24.3 Å². The molecule has 0 radical (unpaired) electrons. The monoisotopic (exact) mass is 1040 g/mol. The van der Waals surface area contributed by atoms with Gasteiger partial charge in [-0.05, 0) is 64.3 Å². The minimum atomic E-state index is -1.95. The first-order chi connectivity index (χ1) is 34.5. The molecule has 3 aliphatic rings. The number of carbonyl (C=O) groups excluding carboxylic acids is 9. The molecule has 1 saturated heterocycles. The van der Waals surface area contributed by atoms with Gasteiger partial charge in [0, 0.05) is 74.0 Å². The number of H-pyrrole nitrogens is 1. The highest BCUT2D eigenvalue weighted by Gasteiger charge is 2.44. The number of nitro groups is 1. The number of nitrogens with one attached hydrogen (secondary N) is 8. The Morgan fingerprint density at radius 3 is 2.19 bits per heavy atom. The number of carbonyl (C=O) groups is 9. The Hall–Kier alpha value is -7.16. The van der Waals surface area contributed by atoms with E-state index in [0.717, 1.165) is 16.7 Å². The van der Waals surface area contributed by atoms with Crippen molar-refractivity contribution in [2.45, 2.75) is 138 Å². The lowest BCUT2D eigenvalue weighted by atomic mass is 9.95. The summed E-state index contributed by atoms with van der Waals surface area (Å²) < 4.78 is 5.19. The summed E-state index contributed by atoms with van der Waals surface area (Å²) in [6, 6.07) is 1.48. The Morgan fingerprint density at radius 2 is 1.51 bits per heavy atom. The van der Waals surface area contributed by atoms with Crippen LogP contribution in [0, 0.1) is 10.1 Å². The third-order valence-electron chi connectivity index (χ3n) is 12.5. The zero-order valence-corrected chi connectivity index (χ0v) is 41.2. The van der Waals surface area contributed by atoms with Crippen molar-refractivity contribution in [3.63, 3.8) is 0 Å². The minimum Gasteiger partial charge on any atom is -0.427 e. The second-order valence-electron chi connectivity index (χ2n) is 18.7. The maximum Gasteiger partial charge on any atom is 0.311 e. The highest BCUT2D eigenvalue weighted by Crippen LogP contribution is 2.32. The number of nitro benzene ring substituents is 1. The van der Waals surface area contributed by atoms with E-state index in [1.807, 2.05) is 0 Å². The Morgan fingerprint density at radius 1 is 0.863 bits per heavy atom. The zero-order valence-electron chi connectivity index (χ0n) is 40.4. The third-order valence-corrected chi connectivity index (χ3v) is 13.7. The van der Waals surface area contributed by atoms with Crippen LogP contribution in [0.1, 0.15) is 71.8 Å². The number of nitrogens with zero attached hydrogens (tertiary/aromatic N) is 2. The van der Waals surface area contributed by atoms with E-state index in [9.17, 15) is 68.6 Å². The van der Waals surface area contributed by atoms with Crippen molar-refractivity contribution in [2.24, 2.45) is 0 Å². The predicted molar refractivity (Wildman–Crippen MR) is 259 cm³/mol. The molecule has 1 aromatic heterocycles. The van der Waals surface area contributed by atoms with Gasteiger partial charge in [-0.2, -0.15) is 0 Å². The number of fused-ring (bicyclic) bond motifs is 5. The molecule has 10 unspecified atom stereocenters. The van der Waals surface area contributed by atoms with Crippen LogP contribution in [-0.4, -0.2) is 162 Å². The molecule has 6 rings (SSSR count). The molecule has 10 atom stereocenters. The number of thioether (sulfide) groups is 1. The number of aromatic amines is 1. The number of ether oxygens (including phenoxy) is 1. The van der Waals surface area contributed by atoms with Gasteiger partial charge in [0.25, 0.3) is 5.69 Å². The van der Waals surface area contributed by atoms with E-state index in [2.05, 4.69) is 42.2 Å². The van der Waals surface area contributed by atoms with Gasteiger partial charge in [-0.1, -0.05) is 18.2 Å². The average molecular weight is 1040 g/mol. The fourth-order valence-corrected chi connectivity index (χ4v) is 9.61. The van der Waals surface area contributed by atoms with Gasteiger partial charge >= 0.3 is 5.97 Å². The van der Waals surface area contributed by atoms with Gasteiger partial charge in [-0.3, -0.25) is 53.3 Å². The molecule has 394 valence electrons. The molecular formula is C47H60N10O15S. The van der Waals surface area contributed by atoms with Crippen LogP contribution in [0.3, 0.4) is 0 Å². The molecule has 1 fully saturated rings. The standard InChI is InChI=1S/C47H60N10O15S/c1-23-39(62)51-32-18-30-29-9-5-6-10-31(29)54-45(30)73-21-34(46(68)56-20-27(59)17-35(56)43(66)50-23)53-44(67)38(25(3)58)55-40(63)24(2)49-42(65)33(52-41(32)64)19-47(4,69)22-48-36(60)11-7-8-12-37(61)72-28-15-13-26(14-16-28)57(70)71/h5-6,9-10,13-16,23-25,27,32-35,38,54,58-59,69H,7-8,11-12,17-22H2,1-4H3,(H,48,60)(H,49,65)(H,50,66)(H,51,62)(H,52,64)(H,53,67)(H,55,63). The lowest BCUT2D eigenvalue weighted by Crippen LogP contribution is -2.62. The van der Waals surface area contributed by atoms with Gasteiger partial charge in [0.1, 0.15) is 48.0 Å². The molecule has 8 amide bonds. The number of hydrogen-bond acceptors (Lipinski definition) is 16. The minimum absolute atomic E-state index is 0.0804. The van der Waals surface area contributed by atoms with Gasteiger partial charge in [0.05, 0.1) is 27.8 Å². The molecule has 0 saturated carbocycles. The van der Waals surface area contributed by atoms with Crippen LogP contribution in [0.25, 0.3) is 10.9 Å². The highest BCUT2D eigenvalue weighted by atomic mass is 32.2. The van der Waals surface area contributed by atoms with E-state index in [4.69, 9.17) is 4.74 Å². The first-order valence-corrected chi connectivity index (χ1v) is 24.6. The number of benzene rings is 2. The summed E-state index contributed by atoms with van der Waals surface area (Å²) in [4.78, 5) is 139. The summed E-state index contributed by atoms with van der Waals surface area (Å²) in [6.07, 6.45) is -3.52. The number of hydrogen-bond donors (Lipinski definition) is 11. The zero-order chi connectivity index (χ0) is 53.3. The maximum absolute atomic E-state index is 14.7. The summed E-state index contributed by atoms with van der Waals surface area (Å²) >= 11 is 1.05. The number of para-hydroxylation sites is 1. The number of non-ortho nitro benzene ring substituents is 1. The summed E-state index contributed by atoms with van der Waals surface area (Å²) in [5.74, 6) is -7.69. The largest absolute Gasteiger partial charge is 0.427 e. The number of aliphatic hydroxyl groups is 3. The molecule has 73 heavy (non-hydrogen) atoms. The fourth-order valence-electron chi connectivity index (χ4n) is 8.50. The second kappa shape index (κ2) is 24.0. The molecule has 25 nitrogen and oxygen atoms in total. The van der Waals surface area contributed by atoms with Gasteiger partial charge < -0.3 is 67.2 Å². The van der Waals surface area contributed by atoms with Crippen LogP contribution < -0.4 is 42.0 Å². The fraction of sp³-hybridized carbons (Fsp3) is 0.511. The molecule has 3 aromatic rings. The molecule has 11 N–H and O–H groups in total. The normalized spacial score (nSPS) is 25.8. The average Bonchev–Trinajstić information content (AvgIpc) is 3.90. The van der Waals surface area contributed by atoms with Crippen molar-refractivity contribution in [3.8, 4) is 5.75 Å². The number of aromatic nitrogens is 1. The van der Waals surface area contributed by atoms with Crippen molar-refractivity contribution in [1.82, 2.24) is 47.1 Å². The highest BCUT2D eigenvalue weighted by molar-refractivity contribution is 7.99. The molecule has 0 aliphatic carbocycles. The van der Waals surface area contributed by atoms with Crippen molar-refractivity contribution in [2.75, 3.05) is 18.8 Å². The van der Waals surface area contributed by atoms with E-state index >= 15 is 0 Å². The Kier molecular flexibility index (Phi) is 18.2. The second-order valence-corrected chi connectivity index (χ2v) is 19.7. The Labute approximate surface area is 422 Å². The smallest absolute Gasteiger partial charge is 0.311 e. The van der Waals surface area contributed by atoms with Crippen molar-refractivity contribution >= 4 is 81.6 Å². The molecule has 0 spiro atoms. The topological polar surface area (TPSA) is 370 Å². The Balaban J connectivity index is 1.27. The van der Waals surface area contributed by atoms with Crippen LogP contribution in [-0.2, 0) is 49.6 Å². The number of aliphatic hydroxyl groups excluding tert-OH is 2. The van der Waals surface area contributed by atoms with Crippen molar-refractivity contribution < 1.29 is 68.1 Å². The quantitative estimate of drug-likeness (QED) is 0.0322. The molecule has 3 aliphatic heterocycles. The van der Waals surface area contributed by atoms with Gasteiger partial charge in [-0.15, -0.1) is 11.8 Å². The molecule has 2 bridgehead atoms. The SMILES string of the molecule is CC1NC(=O)C(CC(C)(O)CNC(=O)CCCCC(=O)Oc2ccc([N+](=O)[O-])cc2)NC(=O)C2Cc3c([nH]c4ccccc34)SCC(NC(=O)C(C(C)O)NC1=O)C(=O)N1CC(O)CC1C(=O)NC(C)C(=O)N2. The Bertz CT molecular complexity index is 2610. The number of unbranched alkanes of at least 4 members (excludes halogenated alkanes) is 1. The third kappa shape index (κ3) is 14.5. The van der Waals surface area contributed by atoms with Crippen LogP contribution in [0.5, 0.6) is 5.75 Å². The lowest BCUT2D eigenvalue weighted by Gasteiger charge is -2.31. The lowest BCUT2D eigenvalue weighted by molar-refractivity contribution is -0.384. The van der Waals surface area contributed by atoms with Crippen LogP contribution >= 0.6 is 11.8 Å². The summed E-state index contributed by atoms with van der Waals surface area (Å²) in [6.45, 7) is 4.32. The molecule has 2 aromatic carbocycles. The summed E-state index contributed by atoms with van der Waals surface area (Å²) in [5, 5.41) is 63.0. The molecular weight excluding hydrogens is 977 g/mol.